The third-order valence-electron chi connectivity index (χ3n) is 3.64. The van der Waals surface area contributed by atoms with Crippen molar-refractivity contribution in [2.24, 2.45) is 0 Å². The van der Waals surface area contributed by atoms with Crippen LogP contribution in [0.3, 0.4) is 0 Å². The zero-order valence-electron chi connectivity index (χ0n) is 14.8. The van der Waals surface area contributed by atoms with E-state index in [0.717, 1.165) is 11.0 Å². The van der Waals surface area contributed by atoms with Crippen LogP contribution in [0, 0.1) is 11.3 Å². The normalized spacial score (nSPS) is 16.5. The SMILES string of the molecule is CCCSC1=C(SCCC)SC(=C2Sc3cc4nc(C#N)[nH]c4cc3S2)S1. The number of nitriles is 1. The first kappa shape index (κ1) is 20.0. The first-order chi connectivity index (χ1) is 13.2. The van der Waals surface area contributed by atoms with Crippen molar-refractivity contribution in [1.82, 2.24) is 9.97 Å². The highest BCUT2D eigenvalue weighted by molar-refractivity contribution is 8.42. The molecule has 0 amide bonds. The van der Waals surface area contributed by atoms with Gasteiger partial charge in [-0.3, -0.25) is 0 Å². The van der Waals surface area contributed by atoms with Gasteiger partial charge in [-0.15, -0.1) is 23.5 Å². The van der Waals surface area contributed by atoms with Gasteiger partial charge in [0.15, 0.2) is 0 Å². The first-order valence-corrected chi connectivity index (χ1v) is 13.8. The molecule has 27 heavy (non-hydrogen) atoms. The zero-order chi connectivity index (χ0) is 18.8. The lowest BCUT2D eigenvalue weighted by atomic mass is 10.3. The molecule has 3 nitrogen and oxygen atoms in total. The number of rotatable bonds is 6. The molecule has 2 aliphatic heterocycles. The molecule has 0 saturated carbocycles. The molecule has 0 bridgehead atoms. The molecule has 0 radical (unpaired) electrons. The fourth-order valence-electron chi connectivity index (χ4n) is 2.46. The van der Waals surface area contributed by atoms with E-state index in [4.69, 9.17) is 5.26 Å². The molecule has 4 rings (SSSR count). The third-order valence-corrected chi connectivity index (χ3v) is 12.6. The highest BCUT2D eigenvalue weighted by atomic mass is 32.3. The molecule has 9 heteroatoms. The predicted molar refractivity (Wildman–Crippen MR) is 127 cm³/mol. The van der Waals surface area contributed by atoms with Crippen LogP contribution in [-0.2, 0) is 0 Å². The monoisotopic (exact) mass is 467 g/mol. The highest BCUT2D eigenvalue weighted by Gasteiger charge is 2.29. The molecule has 1 N–H and O–H groups in total. The fourth-order valence-corrected chi connectivity index (χ4v) is 11.0. The van der Waals surface area contributed by atoms with Crippen LogP contribution in [0.2, 0.25) is 0 Å². The molecule has 0 aliphatic carbocycles. The van der Waals surface area contributed by atoms with E-state index in [1.807, 2.05) is 70.6 Å². The highest BCUT2D eigenvalue weighted by Crippen LogP contribution is 2.64. The van der Waals surface area contributed by atoms with Gasteiger partial charge in [0.05, 0.1) is 28.0 Å². The molecule has 0 unspecified atom stereocenters. The van der Waals surface area contributed by atoms with Crippen LogP contribution in [0.5, 0.6) is 0 Å². The lowest BCUT2D eigenvalue weighted by Crippen LogP contribution is -1.77. The minimum atomic E-state index is 0.378. The summed E-state index contributed by atoms with van der Waals surface area (Å²) >= 11 is 11.6. The summed E-state index contributed by atoms with van der Waals surface area (Å²) in [6.07, 6.45) is 2.41. The van der Waals surface area contributed by atoms with Gasteiger partial charge in [-0.1, -0.05) is 60.9 Å². The maximum Gasteiger partial charge on any atom is 0.211 e. The van der Waals surface area contributed by atoms with Crippen molar-refractivity contribution in [3.8, 4) is 6.07 Å². The molecule has 2 aliphatic rings. The number of H-pyrrole nitrogens is 1. The Hall–Kier alpha value is -0.240. The second kappa shape index (κ2) is 9.06. The minimum absolute atomic E-state index is 0.378. The summed E-state index contributed by atoms with van der Waals surface area (Å²) in [4.78, 5) is 9.92. The number of nitrogens with one attached hydrogen (secondary N) is 1. The maximum absolute atomic E-state index is 9.03. The van der Waals surface area contributed by atoms with Gasteiger partial charge in [-0.2, -0.15) is 5.26 Å². The predicted octanol–water partition coefficient (Wildman–Crippen LogP) is 7.65. The summed E-state index contributed by atoms with van der Waals surface area (Å²) in [6, 6.07) is 6.31. The number of benzene rings is 1. The van der Waals surface area contributed by atoms with E-state index in [2.05, 4.69) is 42.0 Å². The lowest BCUT2D eigenvalue weighted by molar-refractivity contribution is 1.11. The smallest absolute Gasteiger partial charge is 0.211 e. The summed E-state index contributed by atoms with van der Waals surface area (Å²) < 4.78 is 5.74. The van der Waals surface area contributed by atoms with Crippen molar-refractivity contribution in [2.75, 3.05) is 11.5 Å². The molecular weight excluding hydrogens is 451 g/mol. The average Bonchev–Trinajstić information content (AvgIpc) is 3.37. The van der Waals surface area contributed by atoms with Crippen LogP contribution in [0.1, 0.15) is 32.5 Å². The van der Waals surface area contributed by atoms with Gasteiger partial charge in [0.25, 0.3) is 0 Å². The van der Waals surface area contributed by atoms with E-state index >= 15 is 0 Å². The Kier molecular flexibility index (Phi) is 6.72. The second-order valence-corrected chi connectivity index (χ2v) is 13.2. The van der Waals surface area contributed by atoms with Gasteiger partial charge >= 0.3 is 0 Å². The molecule has 140 valence electrons. The molecule has 2 aromatic rings. The van der Waals surface area contributed by atoms with E-state index in [-0.39, 0.29) is 0 Å². The quantitative estimate of drug-likeness (QED) is 0.465. The van der Waals surface area contributed by atoms with Crippen LogP contribution in [0.4, 0.5) is 0 Å². The van der Waals surface area contributed by atoms with E-state index in [9.17, 15) is 0 Å². The summed E-state index contributed by atoms with van der Waals surface area (Å²) in [6.45, 7) is 4.48. The summed E-state index contributed by atoms with van der Waals surface area (Å²) in [5.74, 6) is 2.74. The van der Waals surface area contributed by atoms with Crippen molar-refractivity contribution in [3.05, 3.63) is 34.9 Å². The molecule has 0 spiro atoms. The van der Waals surface area contributed by atoms with Gasteiger partial charge in [0.2, 0.25) is 5.82 Å². The Morgan fingerprint density at radius 1 is 0.963 bits per heavy atom. The Morgan fingerprint density at radius 3 is 2.15 bits per heavy atom. The molecule has 1 aromatic carbocycles. The maximum atomic E-state index is 9.03. The minimum Gasteiger partial charge on any atom is -0.329 e. The fraction of sp³-hybridized carbons (Fsp3) is 0.333. The number of nitrogens with zero attached hydrogens (tertiary/aromatic N) is 2. The first-order valence-electron chi connectivity index (χ1n) is 8.61. The summed E-state index contributed by atoms with van der Waals surface area (Å²) in [5, 5.41) is 9.03. The van der Waals surface area contributed by atoms with Crippen molar-refractivity contribution >= 4 is 81.6 Å². The number of aromatic nitrogens is 2. The number of imidazole rings is 1. The van der Waals surface area contributed by atoms with Gasteiger partial charge in [0.1, 0.15) is 6.07 Å². The van der Waals surface area contributed by atoms with Crippen LogP contribution in [0.25, 0.3) is 11.0 Å². The van der Waals surface area contributed by atoms with Crippen LogP contribution < -0.4 is 0 Å². The molecule has 0 fully saturated rings. The van der Waals surface area contributed by atoms with Gasteiger partial charge in [0, 0.05) is 9.79 Å². The standard InChI is InChI=1S/C18H17N3S6/c1-3-5-22-15-16(23-6-4-2)27-18(26-15)17-24-12-7-10-11(8-13(12)25-17)21-14(9-19)20-10/h7-8H,3-6H2,1-2H3,(H,20,21). The average molecular weight is 468 g/mol. The van der Waals surface area contributed by atoms with E-state index in [1.54, 1.807) is 0 Å². The number of aromatic amines is 1. The second-order valence-electron chi connectivity index (χ2n) is 5.77. The Bertz CT molecular complexity index is 918. The lowest BCUT2D eigenvalue weighted by Gasteiger charge is -2.02. The molecule has 3 heterocycles. The largest absolute Gasteiger partial charge is 0.329 e. The van der Waals surface area contributed by atoms with E-state index < -0.39 is 0 Å². The van der Waals surface area contributed by atoms with Crippen molar-refractivity contribution in [3.63, 3.8) is 0 Å². The molecule has 0 atom stereocenters. The molecular formula is C18H17N3S6. The summed E-state index contributed by atoms with van der Waals surface area (Å²) in [7, 11) is 0. The number of thioether (sulfide) groups is 6. The van der Waals surface area contributed by atoms with E-state index in [0.29, 0.717) is 5.82 Å². The van der Waals surface area contributed by atoms with Crippen molar-refractivity contribution in [1.29, 1.82) is 5.26 Å². The molecule has 1 aromatic heterocycles. The number of hydrogen-bond acceptors (Lipinski definition) is 8. The van der Waals surface area contributed by atoms with Crippen molar-refractivity contribution < 1.29 is 0 Å². The summed E-state index contributed by atoms with van der Waals surface area (Å²) in [5.41, 5.74) is 1.81. The zero-order valence-corrected chi connectivity index (χ0v) is 19.7. The number of fused-ring (bicyclic) bond motifs is 2. The Labute approximate surface area is 184 Å². The van der Waals surface area contributed by atoms with Gasteiger partial charge in [-0.25, -0.2) is 4.98 Å². The van der Waals surface area contributed by atoms with E-state index in [1.165, 1.54) is 51.1 Å². The van der Waals surface area contributed by atoms with Gasteiger partial charge < -0.3 is 4.98 Å². The third kappa shape index (κ3) is 4.36. The van der Waals surface area contributed by atoms with Crippen LogP contribution in [0.15, 0.2) is 38.9 Å². The van der Waals surface area contributed by atoms with Gasteiger partial charge in [-0.05, 0) is 36.5 Å². The number of hydrogen-bond donors (Lipinski definition) is 1. The van der Waals surface area contributed by atoms with Crippen molar-refractivity contribution in [2.45, 2.75) is 36.5 Å². The van der Waals surface area contributed by atoms with Crippen LogP contribution in [-0.4, -0.2) is 21.5 Å². The molecule has 0 saturated heterocycles. The Morgan fingerprint density at radius 2 is 1.56 bits per heavy atom. The Balaban J connectivity index is 1.56. The van der Waals surface area contributed by atoms with Crippen LogP contribution >= 0.6 is 70.6 Å². The topological polar surface area (TPSA) is 52.5 Å².